The summed E-state index contributed by atoms with van der Waals surface area (Å²) in [5, 5.41) is 13.1. The van der Waals surface area contributed by atoms with Crippen molar-refractivity contribution in [2.75, 3.05) is 27.8 Å². The first kappa shape index (κ1) is 15.4. The number of likely N-dealkylation sites (N-methyl/N-ethyl adjacent to an activating group) is 1. The highest BCUT2D eigenvalue weighted by molar-refractivity contribution is 5.74. The Morgan fingerprint density at radius 2 is 2.05 bits per heavy atom. The number of rotatable bonds is 6. The Bertz CT molecular complexity index is 502. The molecule has 0 bridgehead atoms. The number of carbonyl (C=O) groups excluding carboxylic acids is 1. The van der Waals surface area contributed by atoms with Crippen molar-refractivity contribution in [2.45, 2.75) is 25.0 Å². The van der Waals surface area contributed by atoms with Gasteiger partial charge in [0.05, 0.1) is 26.9 Å². The minimum Gasteiger partial charge on any atom is -0.493 e. The maximum atomic E-state index is 11.8. The lowest BCUT2D eigenvalue weighted by Gasteiger charge is -2.22. The van der Waals surface area contributed by atoms with Gasteiger partial charge in [-0.25, -0.2) is 4.79 Å². The third-order valence-electron chi connectivity index (χ3n) is 3.49. The largest absolute Gasteiger partial charge is 0.493 e. The average Bonchev–Trinajstić information content (AvgIpc) is 3.30. The van der Waals surface area contributed by atoms with Gasteiger partial charge in [0, 0.05) is 13.1 Å². The minimum absolute atomic E-state index is 0.156. The number of nitrogens with one attached hydrogen (secondary N) is 1. The van der Waals surface area contributed by atoms with Gasteiger partial charge in [0.1, 0.15) is 0 Å². The first-order chi connectivity index (χ1) is 10.0. The van der Waals surface area contributed by atoms with E-state index in [2.05, 4.69) is 5.32 Å². The molecule has 1 unspecified atom stereocenters. The fourth-order valence-electron chi connectivity index (χ4n) is 2.02. The Labute approximate surface area is 124 Å². The van der Waals surface area contributed by atoms with Gasteiger partial charge in [0.25, 0.3) is 0 Å². The van der Waals surface area contributed by atoms with Crippen LogP contribution in [0.3, 0.4) is 0 Å². The van der Waals surface area contributed by atoms with E-state index in [1.165, 1.54) is 4.90 Å². The van der Waals surface area contributed by atoms with E-state index in [9.17, 15) is 9.90 Å². The van der Waals surface area contributed by atoms with Gasteiger partial charge in [0.2, 0.25) is 0 Å². The lowest BCUT2D eigenvalue weighted by atomic mass is 10.1. The molecule has 2 amide bonds. The highest BCUT2D eigenvalue weighted by Gasteiger charge is 2.25. The molecule has 1 aromatic rings. The predicted octanol–water partition coefficient (Wildman–Crippen LogP) is 1.54. The van der Waals surface area contributed by atoms with E-state index < -0.39 is 6.10 Å². The van der Waals surface area contributed by atoms with Crippen molar-refractivity contribution < 1.29 is 19.4 Å². The van der Waals surface area contributed by atoms with E-state index in [4.69, 9.17) is 9.47 Å². The molecule has 6 nitrogen and oxygen atoms in total. The zero-order valence-electron chi connectivity index (χ0n) is 12.6. The van der Waals surface area contributed by atoms with Crippen molar-refractivity contribution in [3.8, 4) is 11.5 Å². The monoisotopic (exact) mass is 294 g/mol. The zero-order valence-corrected chi connectivity index (χ0v) is 12.6. The Kier molecular flexibility index (Phi) is 4.90. The van der Waals surface area contributed by atoms with Crippen LogP contribution < -0.4 is 14.8 Å². The van der Waals surface area contributed by atoms with E-state index in [1.54, 1.807) is 39.5 Å². The van der Waals surface area contributed by atoms with Gasteiger partial charge >= 0.3 is 6.03 Å². The quantitative estimate of drug-likeness (QED) is 0.835. The van der Waals surface area contributed by atoms with Crippen molar-refractivity contribution in [1.82, 2.24) is 10.2 Å². The van der Waals surface area contributed by atoms with Gasteiger partial charge in [0.15, 0.2) is 11.5 Å². The van der Waals surface area contributed by atoms with Gasteiger partial charge in [-0.15, -0.1) is 0 Å². The fourth-order valence-corrected chi connectivity index (χ4v) is 2.02. The van der Waals surface area contributed by atoms with E-state index in [0.29, 0.717) is 23.1 Å². The van der Waals surface area contributed by atoms with E-state index in [1.807, 2.05) is 0 Å². The van der Waals surface area contributed by atoms with E-state index in [0.717, 1.165) is 12.8 Å². The van der Waals surface area contributed by atoms with E-state index >= 15 is 0 Å². The minimum atomic E-state index is -0.778. The third-order valence-corrected chi connectivity index (χ3v) is 3.49. The Morgan fingerprint density at radius 1 is 1.38 bits per heavy atom. The first-order valence-corrected chi connectivity index (χ1v) is 6.96. The Balaban J connectivity index is 1.98. The third kappa shape index (κ3) is 4.01. The summed E-state index contributed by atoms with van der Waals surface area (Å²) in [6, 6.07) is 5.37. The number of aliphatic hydroxyl groups is 1. The Morgan fingerprint density at radius 3 is 2.62 bits per heavy atom. The summed E-state index contributed by atoms with van der Waals surface area (Å²) in [5.41, 5.74) is 0.679. The molecule has 2 rings (SSSR count). The van der Waals surface area contributed by atoms with Gasteiger partial charge in [-0.2, -0.15) is 0 Å². The summed E-state index contributed by atoms with van der Waals surface area (Å²) in [4.78, 5) is 13.3. The SMILES string of the molecule is COc1ccc(C(O)CN(C)C(=O)NC2CC2)cc1OC. The molecule has 0 spiro atoms. The number of aliphatic hydroxyl groups excluding tert-OH is 1. The number of hydrogen-bond acceptors (Lipinski definition) is 4. The summed E-state index contributed by atoms with van der Waals surface area (Å²) in [5.74, 6) is 1.16. The molecule has 0 aliphatic heterocycles. The second-order valence-electron chi connectivity index (χ2n) is 5.23. The lowest BCUT2D eigenvalue weighted by Crippen LogP contribution is -2.40. The molecule has 2 N–H and O–H groups in total. The molecule has 21 heavy (non-hydrogen) atoms. The van der Waals surface area contributed by atoms with Crippen molar-refractivity contribution in [2.24, 2.45) is 0 Å². The molecule has 0 heterocycles. The molecule has 1 atom stereocenters. The van der Waals surface area contributed by atoms with Crippen LogP contribution in [0.2, 0.25) is 0 Å². The fraction of sp³-hybridized carbons (Fsp3) is 0.533. The highest BCUT2D eigenvalue weighted by atomic mass is 16.5. The zero-order chi connectivity index (χ0) is 15.4. The van der Waals surface area contributed by atoms with Crippen LogP contribution >= 0.6 is 0 Å². The van der Waals surface area contributed by atoms with Crippen LogP contribution in [-0.4, -0.2) is 49.9 Å². The summed E-state index contributed by atoms with van der Waals surface area (Å²) < 4.78 is 10.4. The van der Waals surface area contributed by atoms with Crippen molar-refractivity contribution in [3.05, 3.63) is 23.8 Å². The van der Waals surface area contributed by atoms with Crippen LogP contribution in [0.15, 0.2) is 18.2 Å². The van der Waals surface area contributed by atoms with Gasteiger partial charge in [-0.05, 0) is 30.5 Å². The molecule has 1 aromatic carbocycles. The van der Waals surface area contributed by atoms with Crippen LogP contribution in [-0.2, 0) is 0 Å². The normalized spacial score (nSPS) is 15.2. The molecule has 0 aromatic heterocycles. The predicted molar refractivity (Wildman–Crippen MR) is 78.7 cm³/mol. The number of urea groups is 1. The maximum Gasteiger partial charge on any atom is 0.317 e. The first-order valence-electron chi connectivity index (χ1n) is 6.96. The number of hydrogen-bond donors (Lipinski definition) is 2. The number of nitrogens with zero attached hydrogens (tertiary/aromatic N) is 1. The van der Waals surface area contributed by atoms with Crippen molar-refractivity contribution in [1.29, 1.82) is 0 Å². The molecule has 6 heteroatoms. The summed E-state index contributed by atoms with van der Waals surface area (Å²) in [6.45, 7) is 0.216. The Hall–Kier alpha value is -1.95. The van der Waals surface area contributed by atoms with Gasteiger partial charge in [-0.3, -0.25) is 0 Å². The molecule has 1 saturated carbocycles. The topological polar surface area (TPSA) is 71.0 Å². The molecule has 0 radical (unpaired) electrons. The number of ether oxygens (including phenoxy) is 2. The smallest absolute Gasteiger partial charge is 0.317 e. The highest BCUT2D eigenvalue weighted by Crippen LogP contribution is 2.30. The van der Waals surface area contributed by atoms with Gasteiger partial charge in [-0.1, -0.05) is 6.07 Å². The lowest BCUT2D eigenvalue weighted by molar-refractivity contribution is 0.131. The van der Waals surface area contributed by atoms with Crippen LogP contribution in [0.5, 0.6) is 11.5 Å². The second kappa shape index (κ2) is 6.67. The molecule has 1 aliphatic carbocycles. The second-order valence-corrected chi connectivity index (χ2v) is 5.23. The number of amides is 2. The molecule has 1 aliphatic rings. The summed E-state index contributed by atoms with van der Waals surface area (Å²) >= 11 is 0. The summed E-state index contributed by atoms with van der Waals surface area (Å²) in [6.07, 6.45) is 1.30. The number of benzene rings is 1. The molecule has 1 fully saturated rings. The molecule has 0 saturated heterocycles. The van der Waals surface area contributed by atoms with Crippen molar-refractivity contribution in [3.63, 3.8) is 0 Å². The molecular weight excluding hydrogens is 272 g/mol. The van der Waals surface area contributed by atoms with Crippen LogP contribution in [0.25, 0.3) is 0 Å². The molecule has 116 valence electrons. The number of methoxy groups -OCH3 is 2. The van der Waals surface area contributed by atoms with Crippen LogP contribution in [0, 0.1) is 0 Å². The maximum absolute atomic E-state index is 11.8. The summed E-state index contributed by atoms with van der Waals surface area (Å²) in [7, 11) is 4.77. The van der Waals surface area contributed by atoms with Gasteiger partial charge < -0.3 is 24.8 Å². The van der Waals surface area contributed by atoms with Crippen LogP contribution in [0.4, 0.5) is 4.79 Å². The number of carbonyl (C=O) groups is 1. The molecular formula is C15H22N2O4. The van der Waals surface area contributed by atoms with Crippen LogP contribution in [0.1, 0.15) is 24.5 Å². The standard InChI is InChI=1S/C15H22N2O4/c1-17(15(19)16-11-5-6-11)9-12(18)10-4-7-13(20-2)14(8-10)21-3/h4,7-8,11-12,18H,5-6,9H2,1-3H3,(H,16,19). The van der Waals surface area contributed by atoms with Crippen molar-refractivity contribution >= 4 is 6.03 Å². The van der Waals surface area contributed by atoms with E-state index in [-0.39, 0.29) is 12.6 Å². The average molecular weight is 294 g/mol.